The van der Waals surface area contributed by atoms with Crippen molar-refractivity contribution in [3.05, 3.63) is 0 Å². The lowest BCUT2D eigenvalue weighted by molar-refractivity contribution is -0.141. The van der Waals surface area contributed by atoms with E-state index in [1.54, 1.807) is 0 Å². The van der Waals surface area contributed by atoms with Crippen molar-refractivity contribution in [2.24, 2.45) is 5.41 Å². The number of aliphatic carboxylic acids is 1. The zero-order chi connectivity index (χ0) is 15.5. The van der Waals surface area contributed by atoms with E-state index in [9.17, 15) is 9.59 Å². The van der Waals surface area contributed by atoms with E-state index >= 15 is 0 Å². The van der Waals surface area contributed by atoms with Crippen LogP contribution >= 0.6 is 0 Å². The molecule has 0 radical (unpaired) electrons. The Bertz CT molecular complexity index is 381. The number of piperidine rings is 1. The van der Waals surface area contributed by atoms with Gasteiger partial charge in [0, 0.05) is 18.5 Å². The molecule has 2 N–H and O–H groups in total. The molecule has 2 rings (SSSR count). The van der Waals surface area contributed by atoms with E-state index in [1.807, 2.05) is 0 Å². The first kappa shape index (κ1) is 16.3. The first-order chi connectivity index (χ1) is 9.92. The lowest BCUT2D eigenvalue weighted by Crippen LogP contribution is -2.54. The summed E-state index contributed by atoms with van der Waals surface area (Å²) in [6.45, 7) is 4.27. The quantitative estimate of drug-likeness (QED) is 0.818. The van der Waals surface area contributed by atoms with Gasteiger partial charge in [0.25, 0.3) is 0 Å². The monoisotopic (exact) mass is 296 g/mol. The fourth-order valence-corrected chi connectivity index (χ4v) is 4.03. The molecule has 1 saturated carbocycles. The van der Waals surface area contributed by atoms with E-state index in [-0.39, 0.29) is 17.7 Å². The van der Waals surface area contributed by atoms with Gasteiger partial charge in [-0.05, 0) is 44.9 Å². The highest BCUT2D eigenvalue weighted by atomic mass is 16.4. The maximum atomic E-state index is 12.4. The second-order valence-corrected chi connectivity index (χ2v) is 7.03. The van der Waals surface area contributed by atoms with Gasteiger partial charge in [0.05, 0.1) is 6.42 Å². The van der Waals surface area contributed by atoms with Crippen LogP contribution in [0.1, 0.15) is 71.6 Å². The smallest absolute Gasteiger partial charge is 0.303 e. The summed E-state index contributed by atoms with van der Waals surface area (Å²) in [5.41, 5.74) is 2.72. The second-order valence-electron chi connectivity index (χ2n) is 7.03. The van der Waals surface area contributed by atoms with E-state index in [4.69, 9.17) is 5.11 Å². The lowest BCUT2D eigenvalue weighted by atomic mass is 9.79. The predicted molar refractivity (Wildman–Crippen MR) is 80.5 cm³/mol. The highest BCUT2D eigenvalue weighted by Gasteiger charge is 2.38. The fourth-order valence-electron chi connectivity index (χ4n) is 4.03. The topological polar surface area (TPSA) is 69.6 Å². The molecule has 2 unspecified atom stereocenters. The summed E-state index contributed by atoms with van der Waals surface area (Å²) in [6.07, 6.45) is 7.66. The molecule has 0 aromatic heterocycles. The highest BCUT2D eigenvalue weighted by Crippen LogP contribution is 2.44. The molecule has 0 bridgehead atoms. The molecule has 1 saturated heterocycles. The summed E-state index contributed by atoms with van der Waals surface area (Å²) in [5, 5.41) is 11.2. The molecule has 2 fully saturated rings. The third kappa shape index (κ3) is 4.19. The molecule has 2 aliphatic rings. The minimum absolute atomic E-state index is 0.0150. The standard InChI is InChI=1S/C16H28N2O3/c1-12-6-5-7-13(2)18(12)17-14(19)10-16(11-15(20)21)8-3-4-9-16/h12-13H,3-11H2,1-2H3,(H,17,19)(H,20,21). The van der Waals surface area contributed by atoms with Crippen LogP contribution in [0.15, 0.2) is 0 Å². The third-order valence-corrected chi connectivity index (χ3v) is 5.17. The summed E-state index contributed by atoms with van der Waals surface area (Å²) >= 11 is 0. The largest absolute Gasteiger partial charge is 0.481 e. The first-order valence-corrected chi connectivity index (χ1v) is 8.21. The minimum Gasteiger partial charge on any atom is -0.481 e. The average molecular weight is 296 g/mol. The van der Waals surface area contributed by atoms with Crippen LogP contribution in [0, 0.1) is 5.41 Å². The molecule has 5 heteroatoms. The zero-order valence-corrected chi connectivity index (χ0v) is 13.2. The SMILES string of the molecule is CC1CCCC(C)N1NC(=O)CC1(CC(=O)O)CCCC1. The van der Waals surface area contributed by atoms with E-state index in [0.29, 0.717) is 18.5 Å². The van der Waals surface area contributed by atoms with Gasteiger partial charge in [-0.2, -0.15) is 0 Å². The molecule has 2 atom stereocenters. The van der Waals surface area contributed by atoms with Gasteiger partial charge >= 0.3 is 5.97 Å². The van der Waals surface area contributed by atoms with Crippen molar-refractivity contribution in [3.63, 3.8) is 0 Å². The molecule has 0 aromatic rings. The molecule has 1 aliphatic heterocycles. The van der Waals surface area contributed by atoms with E-state index in [1.165, 1.54) is 6.42 Å². The molecule has 5 nitrogen and oxygen atoms in total. The van der Waals surface area contributed by atoms with Gasteiger partial charge in [0.15, 0.2) is 0 Å². The summed E-state index contributed by atoms with van der Waals surface area (Å²) in [7, 11) is 0. The Morgan fingerprint density at radius 2 is 1.67 bits per heavy atom. The van der Waals surface area contributed by atoms with Crippen molar-refractivity contribution < 1.29 is 14.7 Å². The summed E-state index contributed by atoms with van der Waals surface area (Å²) in [6, 6.07) is 0.716. The average Bonchev–Trinajstić information content (AvgIpc) is 2.81. The van der Waals surface area contributed by atoms with Gasteiger partial charge < -0.3 is 5.11 Å². The van der Waals surface area contributed by atoms with Crippen LogP contribution in [-0.4, -0.2) is 34.1 Å². The summed E-state index contributed by atoms with van der Waals surface area (Å²) in [4.78, 5) is 23.5. The van der Waals surface area contributed by atoms with Crippen LogP contribution in [0.5, 0.6) is 0 Å². The fraction of sp³-hybridized carbons (Fsp3) is 0.875. The Hall–Kier alpha value is -1.10. The van der Waals surface area contributed by atoms with Gasteiger partial charge in [0.1, 0.15) is 0 Å². The number of hydrogen-bond acceptors (Lipinski definition) is 3. The molecule has 1 heterocycles. The van der Waals surface area contributed by atoms with Crippen molar-refractivity contribution in [1.29, 1.82) is 0 Å². The molecule has 1 amide bonds. The first-order valence-electron chi connectivity index (χ1n) is 8.21. The lowest BCUT2D eigenvalue weighted by Gasteiger charge is -2.39. The number of rotatable bonds is 5. The maximum Gasteiger partial charge on any atom is 0.303 e. The number of carbonyl (C=O) groups is 2. The molecule has 21 heavy (non-hydrogen) atoms. The third-order valence-electron chi connectivity index (χ3n) is 5.17. The Balaban J connectivity index is 1.94. The maximum absolute atomic E-state index is 12.4. The Morgan fingerprint density at radius 3 is 2.19 bits per heavy atom. The number of nitrogens with one attached hydrogen (secondary N) is 1. The number of carboxylic acid groups (broad SMARTS) is 1. The van der Waals surface area contributed by atoms with E-state index < -0.39 is 5.97 Å². The molecule has 0 spiro atoms. The predicted octanol–water partition coefficient (Wildman–Crippen LogP) is 2.71. The number of carbonyl (C=O) groups excluding carboxylic acids is 1. The minimum atomic E-state index is -0.788. The molecular formula is C16H28N2O3. The van der Waals surface area contributed by atoms with Crippen LogP contribution in [-0.2, 0) is 9.59 Å². The summed E-state index contributed by atoms with van der Waals surface area (Å²) < 4.78 is 0. The van der Waals surface area contributed by atoms with Crippen LogP contribution in [0.4, 0.5) is 0 Å². The van der Waals surface area contributed by atoms with Crippen LogP contribution in [0.25, 0.3) is 0 Å². The van der Waals surface area contributed by atoms with Gasteiger partial charge in [-0.3, -0.25) is 15.0 Å². The van der Waals surface area contributed by atoms with Crippen molar-refractivity contribution in [2.45, 2.75) is 83.7 Å². The van der Waals surface area contributed by atoms with Gasteiger partial charge in [-0.1, -0.05) is 19.3 Å². The Labute approximate surface area is 127 Å². The summed E-state index contributed by atoms with van der Waals surface area (Å²) in [5.74, 6) is -0.803. The van der Waals surface area contributed by atoms with Crippen LogP contribution in [0.3, 0.4) is 0 Å². The second kappa shape index (κ2) is 6.77. The van der Waals surface area contributed by atoms with Gasteiger partial charge in [-0.15, -0.1) is 0 Å². The zero-order valence-electron chi connectivity index (χ0n) is 13.2. The highest BCUT2D eigenvalue weighted by molar-refractivity contribution is 5.77. The number of carboxylic acids is 1. The molecule has 0 aromatic carbocycles. The number of amides is 1. The van der Waals surface area contributed by atoms with Crippen molar-refractivity contribution in [3.8, 4) is 0 Å². The number of hydrazine groups is 1. The van der Waals surface area contributed by atoms with Crippen molar-refractivity contribution in [1.82, 2.24) is 10.4 Å². The number of hydrogen-bond donors (Lipinski definition) is 2. The van der Waals surface area contributed by atoms with Gasteiger partial charge in [0.2, 0.25) is 5.91 Å². The van der Waals surface area contributed by atoms with Crippen LogP contribution < -0.4 is 5.43 Å². The van der Waals surface area contributed by atoms with Crippen molar-refractivity contribution in [2.75, 3.05) is 0 Å². The Kier molecular flexibility index (Phi) is 5.25. The van der Waals surface area contributed by atoms with Crippen molar-refractivity contribution >= 4 is 11.9 Å². The van der Waals surface area contributed by atoms with Gasteiger partial charge in [-0.25, -0.2) is 5.01 Å². The van der Waals surface area contributed by atoms with E-state index in [2.05, 4.69) is 24.3 Å². The Morgan fingerprint density at radius 1 is 1.10 bits per heavy atom. The van der Waals surface area contributed by atoms with Crippen LogP contribution in [0.2, 0.25) is 0 Å². The molecule has 120 valence electrons. The number of nitrogens with zero attached hydrogens (tertiary/aromatic N) is 1. The molecular weight excluding hydrogens is 268 g/mol. The normalized spacial score (nSPS) is 29.2. The van der Waals surface area contributed by atoms with E-state index in [0.717, 1.165) is 38.5 Å². The molecule has 1 aliphatic carbocycles.